The SMILES string of the molecule is c1ccc2c(c1)oc1cc(NC3CCCCC3)ccc12. The fraction of sp³-hybridized carbons (Fsp3) is 0.333. The van der Waals surface area contributed by atoms with Crippen molar-refractivity contribution in [1.82, 2.24) is 0 Å². The van der Waals surface area contributed by atoms with Crippen molar-refractivity contribution < 1.29 is 4.42 Å². The molecule has 0 aliphatic heterocycles. The first-order valence-corrected chi connectivity index (χ1v) is 7.58. The van der Waals surface area contributed by atoms with Gasteiger partial charge in [0.25, 0.3) is 0 Å². The molecule has 0 radical (unpaired) electrons. The molecule has 0 atom stereocenters. The van der Waals surface area contributed by atoms with Gasteiger partial charge in [0.1, 0.15) is 11.2 Å². The van der Waals surface area contributed by atoms with Crippen LogP contribution in [0.2, 0.25) is 0 Å². The summed E-state index contributed by atoms with van der Waals surface area (Å²) < 4.78 is 5.94. The molecule has 1 aliphatic carbocycles. The summed E-state index contributed by atoms with van der Waals surface area (Å²) in [6.45, 7) is 0. The second-order valence-electron chi connectivity index (χ2n) is 5.79. The number of hydrogen-bond donors (Lipinski definition) is 1. The topological polar surface area (TPSA) is 25.2 Å². The molecule has 0 bridgehead atoms. The quantitative estimate of drug-likeness (QED) is 0.677. The summed E-state index contributed by atoms with van der Waals surface area (Å²) in [6.07, 6.45) is 6.67. The predicted octanol–water partition coefficient (Wildman–Crippen LogP) is 5.33. The normalized spacial score (nSPS) is 16.8. The molecule has 102 valence electrons. The van der Waals surface area contributed by atoms with E-state index in [1.807, 2.05) is 12.1 Å². The second-order valence-corrected chi connectivity index (χ2v) is 5.79. The predicted molar refractivity (Wildman–Crippen MR) is 84.2 cm³/mol. The van der Waals surface area contributed by atoms with Crippen molar-refractivity contribution in [2.24, 2.45) is 0 Å². The zero-order valence-corrected chi connectivity index (χ0v) is 11.6. The van der Waals surface area contributed by atoms with Gasteiger partial charge in [-0.1, -0.05) is 37.5 Å². The van der Waals surface area contributed by atoms with Crippen LogP contribution < -0.4 is 5.32 Å². The number of hydrogen-bond acceptors (Lipinski definition) is 2. The van der Waals surface area contributed by atoms with Crippen molar-refractivity contribution in [3.05, 3.63) is 42.5 Å². The molecule has 2 aromatic carbocycles. The lowest BCUT2D eigenvalue weighted by atomic mass is 9.95. The fourth-order valence-corrected chi connectivity index (χ4v) is 3.30. The number of para-hydroxylation sites is 1. The molecule has 1 aromatic heterocycles. The molecule has 0 unspecified atom stereocenters. The highest BCUT2D eigenvalue weighted by molar-refractivity contribution is 6.05. The first-order chi connectivity index (χ1) is 9.90. The molecule has 1 fully saturated rings. The number of benzene rings is 2. The zero-order chi connectivity index (χ0) is 13.4. The van der Waals surface area contributed by atoms with Gasteiger partial charge in [0.05, 0.1) is 0 Å². The summed E-state index contributed by atoms with van der Waals surface area (Å²) >= 11 is 0. The standard InChI is InChI=1S/C18H19NO/c1-2-6-13(7-3-1)19-14-10-11-16-15-8-4-5-9-17(15)20-18(16)12-14/h4-5,8-13,19H,1-3,6-7H2. The van der Waals surface area contributed by atoms with Crippen LogP contribution in [-0.4, -0.2) is 6.04 Å². The molecule has 4 rings (SSSR count). The van der Waals surface area contributed by atoms with Gasteiger partial charge in [-0.15, -0.1) is 0 Å². The van der Waals surface area contributed by atoms with Gasteiger partial charge in [-0.25, -0.2) is 0 Å². The Morgan fingerprint density at radius 1 is 0.850 bits per heavy atom. The van der Waals surface area contributed by atoms with E-state index in [1.165, 1.54) is 48.6 Å². The largest absolute Gasteiger partial charge is 0.456 e. The van der Waals surface area contributed by atoms with Crippen molar-refractivity contribution >= 4 is 27.6 Å². The van der Waals surface area contributed by atoms with Crippen molar-refractivity contribution in [2.75, 3.05) is 5.32 Å². The number of furan rings is 1. The molecule has 1 N–H and O–H groups in total. The minimum atomic E-state index is 0.630. The van der Waals surface area contributed by atoms with E-state index in [1.54, 1.807) is 0 Å². The molecule has 0 spiro atoms. The molecule has 3 aromatic rings. The smallest absolute Gasteiger partial charge is 0.137 e. The van der Waals surface area contributed by atoms with Crippen molar-refractivity contribution in [3.63, 3.8) is 0 Å². The highest BCUT2D eigenvalue weighted by atomic mass is 16.3. The average Bonchev–Trinajstić information content (AvgIpc) is 2.86. The van der Waals surface area contributed by atoms with Crippen LogP contribution in [0.25, 0.3) is 21.9 Å². The maximum Gasteiger partial charge on any atom is 0.137 e. The minimum Gasteiger partial charge on any atom is -0.456 e. The third kappa shape index (κ3) is 2.05. The Labute approximate surface area is 118 Å². The Balaban J connectivity index is 1.69. The van der Waals surface area contributed by atoms with Crippen LogP contribution in [0.5, 0.6) is 0 Å². The Morgan fingerprint density at radius 3 is 2.55 bits per heavy atom. The summed E-state index contributed by atoms with van der Waals surface area (Å²) in [5, 5.41) is 6.06. The minimum absolute atomic E-state index is 0.630. The number of rotatable bonds is 2. The Hall–Kier alpha value is -1.96. The van der Waals surface area contributed by atoms with E-state index in [2.05, 4.69) is 35.6 Å². The van der Waals surface area contributed by atoms with Crippen LogP contribution in [0.4, 0.5) is 5.69 Å². The van der Waals surface area contributed by atoms with Gasteiger partial charge in [0.2, 0.25) is 0 Å². The Kier molecular flexibility index (Phi) is 2.87. The highest BCUT2D eigenvalue weighted by Crippen LogP contribution is 2.31. The summed E-state index contributed by atoms with van der Waals surface area (Å²) in [6, 6.07) is 15.4. The fourth-order valence-electron chi connectivity index (χ4n) is 3.30. The number of fused-ring (bicyclic) bond motifs is 3. The van der Waals surface area contributed by atoms with E-state index in [9.17, 15) is 0 Å². The summed E-state index contributed by atoms with van der Waals surface area (Å²) in [5.74, 6) is 0. The summed E-state index contributed by atoms with van der Waals surface area (Å²) in [7, 11) is 0. The molecular formula is C18H19NO. The first kappa shape index (κ1) is 11.8. The lowest BCUT2D eigenvalue weighted by Gasteiger charge is -2.23. The maximum absolute atomic E-state index is 5.94. The molecule has 2 nitrogen and oxygen atoms in total. The number of nitrogens with one attached hydrogen (secondary N) is 1. The van der Waals surface area contributed by atoms with Gasteiger partial charge < -0.3 is 9.73 Å². The molecule has 1 heterocycles. The Bertz CT molecular complexity index is 737. The van der Waals surface area contributed by atoms with Gasteiger partial charge in [0, 0.05) is 28.6 Å². The Morgan fingerprint density at radius 2 is 1.65 bits per heavy atom. The third-order valence-electron chi connectivity index (χ3n) is 4.35. The third-order valence-corrected chi connectivity index (χ3v) is 4.35. The van der Waals surface area contributed by atoms with Gasteiger partial charge in [0.15, 0.2) is 0 Å². The van der Waals surface area contributed by atoms with E-state index in [0.29, 0.717) is 6.04 Å². The molecule has 0 saturated heterocycles. The number of anilines is 1. The average molecular weight is 265 g/mol. The molecule has 0 amide bonds. The monoisotopic (exact) mass is 265 g/mol. The molecule has 1 saturated carbocycles. The highest BCUT2D eigenvalue weighted by Gasteiger charge is 2.13. The van der Waals surface area contributed by atoms with Crippen molar-refractivity contribution in [1.29, 1.82) is 0 Å². The van der Waals surface area contributed by atoms with E-state index in [-0.39, 0.29) is 0 Å². The van der Waals surface area contributed by atoms with Gasteiger partial charge in [-0.2, -0.15) is 0 Å². The van der Waals surface area contributed by atoms with E-state index < -0.39 is 0 Å². The lowest BCUT2D eigenvalue weighted by Crippen LogP contribution is -2.22. The van der Waals surface area contributed by atoms with Crippen LogP contribution in [-0.2, 0) is 0 Å². The van der Waals surface area contributed by atoms with Gasteiger partial charge >= 0.3 is 0 Å². The molecule has 1 aliphatic rings. The van der Waals surface area contributed by atoms with Crippen LogP contribution >= 0.6 is 0 Å². The van der Waals surface area contributed by atoms with Crippen LogP contribution in [0, 0.1) is 0 Å². The van der Waals surface area contributed by atoms with Crippen LogP contribution in [0.3, 0.4) is 0 Å². The van der Waals surface area contributed by atoms with Crippen molar-refractivity contribution in [3.8, 4) is 0 Å². The maximum atomic E-state index is 5.94. The zero-order valence-electron chi connectivity index (χ0n) is 11.6. The molecule has 2 heteroatoms. The van der Waals surface area contributed by atoms with E-state index >= 15 is 0 Å². The summed E-state index contributed by atoms with van der Waals surface area (Å²) in [4.78, 5) is 0. The first-order valence-electron chi connectivity index (χ1n) is 7.58. The van der Waals surface area contributed by atoms with E-state index in [0.717, 1.165) is 11.2 Å². The van der Waals surface area contributed by atoms with Crippen LogP contribution in [0.15, 0.2) is 46.9 Å². The molecular weight excluding hydrogens is 246 g/mol. The second kappa shape index (κ2) is 4.86. The van der Waals surface area contributed by atoms with Crippen LogP contribution in [0.1, 0.15) is 32.1 Å². The lowest BCUT2D eigenvalue weighted by molar-refractivity contribution is 0.463. The van der Waals surface area contributed by atoms with E-state index in [4.69, 9.17) is 4.42 Å². The molecule has 20 heavy (non-hydrogen) atoms. The summed E-state index contributed by atoms with van der Waals surface area (Å²) in [5.41, 5.74) is 3.13. The van der Waals surface area contributed by atoms with Crippen molar-refractivity contribution in [2.45, 2.75) is 38.1 Å². The van der Waals surface area contributed by atoms with Gasteiger partial charge in [-0.3, -0.25) is 0 Å². The van der Waals surface area contributed by atoms with Gasteiger partial charge in [-0.05, 0) is 31.0 Å².